The van der Waals surface area contributed by atoms with E-state index in [2.05, 4.69) is 10.1 Å². The number of fused-ring (bicyclic) bond motifs is 1. The molecule has 8 heteroatoms. The van der Waals surface area contributed by atoms with Crippen LogP contribution in [-0.2, 0) is 16.4 Å². The van der Waals surface area contributed by atoms with E-state index in [0.717, 1.165) is 35.4 Å². The number of hydrogen-bond donors (Lipinski definition) is 0. The molecule has 1 saturated carbocycles. The van der Waals surface area contributed by atoms with Crippen LogP contribution < -0.4 is 0 Å². The molecule has 1 aliphatic heterocycles. The third-order valence-electron chi connectivity index (χ3n) is 6.47. The Hall–Kier alpha value is -2.90. The molecule has 31 heavy (non-hydrogen) atoms. The molecule has 0 N–H and O–H groups in total. The summed E-state index contributed by atoms with van der Waals surface area (Å²) in [5.74, 6) is -0.147. The zero-order valence-corrected chi connectivity index (χ0v) is 17.2. The summed E-state index contributed by atoms with van der Waals surface area (Å²) in [6.45, 7) is 2.67. The maximum absolute atomic E-state index is 13.7. The van der Waals surface area contributed by atoms with Gasteiger partial charge in [-0.2, -0.15) is 18.3 Å². The Balaban J connectivity index is 1.45. The molecule has 2 fully saturated rings. The highest BCUT2D eigenvalue weighted by atomic mass is 19.4. The molecule has 2 aromatic heterocycles. The van der Waals surface area contributed by atoms with Gasteiger partial charge in [-0.3, -0.25) is 4.79 Å². The fourth-order valence-electron chi connectivity index (χ4n) is 4.73. The fourth-order valence-corrected chi connectivity index (χ4v) is 4.73. The summed E-state index contributed by atoms with van der Waals surface area (Å²) < 4.78 is 41.9. The second-order valence-corrected chi connectivity index (χ2v) is 8.66. The summed E-state index contributed by atoms with van der Waals surface area (Å²) in [5.41, 5.74) is 0.771. The molecule has 2 aliphatic rings. The van der Waals surface area contributed by atoms with Crippen LogP contribution in [0.15, 0.2) is 42.5 Å². The Morgan fingerprint density at radius 2 is 1.90 bits per heavy atom. The van der Waals surface area contributed by atoms with Crippen molar-refractivity contribution in [2.45, 2.75) is 50.1 Å². The van der Waals surface area contributed by atoms with Gasteiger partial charge in [0.25, 0.3) is 0 Å². The van der Waals surface area contributed by atoms with Crippen molar-refractivity contribution in [3.8, 4) is 0 Å². The Bertz CT molecular complexity index is 1130. The minimum Gasteiger partial charge on any atom is -0.341 e. The van der Waals surface area contributed by atoms with E-state index in [9.17, 15) is 18.0 Å². The number of rotatable bonds is 3. The van der Waals surface area contributed by atoms with Gasteiger partial charge in [-0.25, -0.2) is 9.50 Å². The minimum atomic E-state index is -4.54. The van der Waals surface area contributed by atoms with Crippen molar-refractivity contribution in [1.82, 2.24) is 19.5 Å². The molecule has 0 radical (unpaired) electrons. The number of likely N-dealkylation sites (tertiary alicyclic amines) is 1. The first-order valence-electron chi connectivity index (χ1n) is 10.6. The summed E-state index contributed by atoms with van der Waals surface area (Å²) in [4.78, 5) is 19.7. The molecule has 3 heterocycles. The zero-order chi connectivity index (χ0) is 21.8. The van der Waals surface area contributed by atoms with Crippen molar-refractivity contribution >= 4 is 11.6 Å². The topological polar surface area (TPSA) is 50.5 Å². The average molecular weight is 428 g/mol. The van der Waals surface area contributed by atoms with E-state index in [-0.39, 0.29) is 17.5 Å². The number of amides is 1. The molecule has 0 unspecified atom stereocenters. The lowest BCUT2D eigenvalue weighted by molar-refractivity contribution is -0.143. The monoisotopic (exact) mass is 428 g/mol. The van der Waals surface area contributed by atoms with Gasteiger partial charge in [0.15, 0.2) is 5.65 Å². The third kappa shape index (κ3) is 3.47. The molecule has 1 saturated heterocycles. The Morgan fingerprint density at radius 3 is 2.58 bits per heavy atom. The first-order valence-corrected chi connectivity index (χ1v) is 10.6. The quantitative estimate of drug-likeness (QED) is 0.618. The molecule has 3 aromatic rings. The van der Waals surface area contributed by atoms with Gasteiger partial charge in [-0.1, -0.05) is 30.3 Å². The van der Waals surface area contributed by atoms with Crippen LogP contribution in [0.5, 0.6) is 0 Å². The number of benzene rings is 1. The lowest BCUT2D eigenvalue weighted by Gasteiger charge is -2.35. The summed E-state index contributed by atoms with van der Waals surface area (Å²) >= 11 is 0. The molecule has 5 rings (SSSR count). The number of aryl methyl sites for hydroxylation is 1. The molecule has 1 aliphatic carbocycles. The van der Waals surface area contributed by atoms with Gasteiger partial charge in [0.05, 0.1) is 11.1 Å². The van der Waals surface area contributed by atoms with Crippen LogP contribution in [0.4, 0.5) is 13.2 Å². The van der Waals surface area contributed by atoms with Crippen molar-refractivity contribution in [2.24, 2.45) is 0 Å². The average Bonchev–Trinajstić information content (AvgIpc) is 3.48. The maximum atomic E-state index is 13.7. The van der Waals surface area contributed by atoms with Crippen LogP contribution in [0, 0.1) is 6.92 Å². The van der Waals surface area contributed by atoms with E-state index in [1.54, 1.807) is 13.0 Å². The molecule has 1 amide bonds. The number of aromatic nitrogens is 3. The van der Waals surface area contributed by atoms with Gasteiger partial charge in [0, 0.05) is 30.8 Å². The van der Waals surface area contributed by atoms with E-state index in [4.69, 9.17) is 0 Å². The van der Waals surface area contributed by atoms with Crippen LogP contribution >= 0.6 is 0 Å². The van der Waals surface area contributed by atoms with E-state index in [1.165, 1.54) is 0 Å². The van der Waals surface area contributed by atoms with E-state index in [1.807, 2.05) is 35.2 Å². The first-order chi connectivity index (χ1) is 14.8. The molecule has 162 valence electrons. The predicted molar refractivity (Wildman–Crippen MR) is 109 cm³/mol. The molecule has 0 bridgehead atoms. The third-order valence-corrected chi connectivity index (χ3v) is 6.47. The smallest absolute Gasteiger partial charge is 0.341 e. The molecular weight excluding hydrogens is 405 g/mol. The van der Waals surface area contributed by atoms with Gasteiger partial charge < -0.3 is 4.90 Å². The van der Waals surface area contributed by atoms with Crippen LogP contribution in [0.1, 0.15) is 54.2 Å². The number of carbonyl (C=O) groups is 1. The number of alkyl halides is 3. The van der Waals surface area contributed by atoms with Crippen LogP contribution in [-0.4, -0.2) is 38.5 Å². The van der Waals surface area contributed by atoms with Gasteiger partial charge in [0.2, 0.25) is 5.91 Å². The standard InChI is InChI=1S/C23H23F3N4O/c1-15-12-20-27-18(13-19(23(24,25)26)30(20)28-15)16-6-5-11-29(14-16)21(31)22(9-10-22)17-7-3-2-4-8-17/h2-4,7-8,12-13,16H,5-6,9-11,14H2,1H3/t16-/m1/s1. The molecule has 0 spiro atoms. The molecule has 5 nitrogen and oxygen atoms in total. The Labute approximate surface area is 177 Å². The van der Waals surface area contributed by atoms with Crippen LogP contribution in [0.2, 0.25) is 0 Å². The number of piperidine rings is 1. The normalized spacial score (nSPS) is 20.8. The predicted octanol–water partition coefficient (Wildman–Crippen LogP) is 4.49. The Morgan fingerprint density at radius 1 is 1.16 bits per heavy atom. The summed E-state index contributed by atoms with van der Waals surface area (Å²) in [6, 6.07) is 12.4. The minimum absolute atomic E-state index is 0.0840. The summed E-state index contributed by atoms with van der Waals surface area (Å²) in [7, 11) is 0. The SMILES string of the molecule is Cc1cc2nc([C@@H]3CCCN(C(=O)C4(c5ccccc5)CC4)C3)cc(C(F)(F)F)n2n1. The molecular formula is C23H23F3N4O. The fraction of sp³-hybridized carbons (Fsp3) is 0.435. The Kier molecular flexibility index (Phi) is 4.57. The van der Waals surface area contributed by atoms with Crippen LogP contribution in [0.25, 0.3) is 5.65 Å². The number of hydrogen-bond acceptors (Lipinski definition) is 3. The van der Waals surface area contributed by atoms with Gasteiger partial charge in [-0.15, -0.1) is 0 Å². The zero-order valence-electron chi connectivity index (χ0n) is 17.2. The van der Waals surface area contributed by atoms with Crippen molar-refractivity contribution in [2.75, 3.05) is 13.1 Å². The summed E-state index contributed by atoms with van der Waals surface area (Å²) in [6.07, 6.45) is -1.46. The molecule has 1 atom stereocenters. The van der Waals surface area contributed by atoms with E-state index >= 15 is 0 Å². The second kappa shape index (κ2) is 7.07. The van der Waals surface area contributed by atoms with Crippen molar-refractivity contribution in [1.29, 1.82) is 0 Å². The summed E-state index contributed by atoms with van der Waals surface area (Å²) in [5, 5.41) is 3.95. The van der Waals surface area contributed by atoms with E-state index in [0.29, 0.717) is 30.9 Å². The van der Waals surface area contributed by atoms with E-state index < -0.39 is 17.3 Å². The van der Waals surface area contributed by atoms with Crippen LogP contribution in [0.3, 0.4) is 0 Å². The lowest BCUT2D eigenvalue weighted by Crippen LogP contribution is -2.44. The van der Waals surface area contributed by atoms with Gasteiger partial charge in [0.1, 0.15) is 5.69 Å². The second-order valence-electron chi connectivity index (χ2n) is 8.66. The highest BCUT2D eigenvalue weighted by molar-refractivity contribution is 5.91. The number of carbonyl (C=O) groups excluding carboxylic acids is 1. The largest absolute Gasteiger partial charge is 0.433 e. The van der Waals surface area contributed by atoms with Gasteiger partial charge in [-0.05, 0) is 44.2 Å². The maximum Gasteiger partial charge on any atom is 0.433 e. The van der Waals surface area contributed by atoms with Crippen molar-refractivity contribution in [3.05, 3.63) is 65.1 Å². The number of halogens is 3. The highest BCUT2D eigenvalue weighted by Crippen LogP contribution is 2.50. The highest BCUT2D eigenvalue weighted by Gasteiger charge is 2.53. The van der Waals surface area contributed by atoms with Crippen molar-refractivity contribution in [3.63, 3.8) is 0 Å². The van der Waals surface area contributed by atoms with Gasteiger partial charge >= 0.3 is 6.18 Å². The van der Waals surface area contributed by atoms with Crippen molar-refractivity contribution < 1.29 is 18.0 Å². The first kappa shape index (κ1) is 20.0. The molecule has 1 aromatic carbocycles. The lowest BCUT2D eigenvalue weighted by atomic mass is 9.90. The number of nitrogens with zero attached hydrogens (tertiary/aromatic N) is 4.